The van der Waals surface area contributed by atoms with Gasteiger partial charge in [-0.2, -0.15) is 0 Å². The number of hydrogen-bond donors (Lipinski definition) is 0. The highest BCUT2D eigenvalue weighted by atomic mass is 35.5. The van der Waals surface area contributed by atoms with E-state index in [1.807, 2.05) is 45.0 Å². The number of fused-ring (bicyclic) bond motifs is 1. The van der Waals surface area contributed by atoms with Crippen molar-refractivity contribution in [3.8, 4) is 11.3 Å². The van der Waals surface area contributed by atoms with E-state index in [0.717, 1.165) is 39.9 Å². The molecule has 1 fully saturated rings. The molecule has 2 heterocycles. The van der Waals surface area contributed by atoms with Crippen LogP contribution in [0.3, 0.4) is 0 Å². The summed E-state index contributed by atoms with van der Waals surface area (Å²) in [4.78, 5) is 19.3. The molecule has 0 saturated carbocycles. The van der Waals surface area contributed by atoms with Gasteiger partial charge in [0.15, 0.2) is 0 Å². The lowest BCUT2D eigenvalue weighted by atomic mass is 10.0. The molecule has 4 nitrogen and oxygen atoms in total. The maximum Gasteiger partial charge on any atom is 0.410 e. The van der Waals surface area contributed by atoms with Crippen molar-refractivity contribution in [1.29, 1.82) is 0 Å². The minimum atomic E-state index is -0.515. The van der Waals surface area contributed by atoms with E-state index in [1.165, 1.54) is 11.3 Å². The third kappa shape index (κ3) is 3.74. The number of nitrogens with zero attached hydrogens (tertiary/aromatic N) is 2. The third-order valence-corrected chi connectivity index (χ3v) is 6.17. The van der Waals surface area contributed by atoms with Gasteiger partial charge in [-0.25, -0.2) is 9.78 Å². The molecule has 1 aromatic heterocycles. The second-order valence-corrected chi connectivity index (χ2v) is 9.67. The number of hydrogen-bond acceptors (Lipinski definition) is 4. The van der Waals surface area contributed by atoms with Crippen molar-refractivity contribution in [1.82, 2.24) is 9.88 Å². The van der Waals surface area contributed by atoms with Crippen molar-refractivity contribution < 1.29 is 9.53 Å². The lowest BCUT2D eigenvalue weighted by Crippen LogP contribution is -2.36. The third-order valence-electron chi connectivity index (χ3n) is 4.81. The molecule has 146 valence electrons. The van der Waals surface area contributed by atoms with Crippen LogP contribution in [0.5, 0.6) is 0 Å². The van der Waals surface area contributed by atoms with E-state index in [4.69, 9.17) is 21.3 Å². The molecule has 0 radical (unpaired) electrons. The maximum atomic E-state index is 12.6. The zero-order valence-electron chi connectivity index (χ0n) is 16.2. The zero-order chi connectivity index (χ0) is 19.9. The summed E-state index contributed by atoms with van der Waals surface area (Å²) in [6.45, 7) is 6.33. The van der Waals surface area contributed by atoms with Gasteiger partial charge in [-0.3, -0.25) is 4.90 Å². The summed E-state index contributed by atoms with van der Waals surface area (Å²) < 4.78 is 6.24. The fourth-order valence-electron chi connectivity index (χ4n) is 3.62. The van der Waals surface area contributed by atoms with E-state index >= 15 is 0 Å². The molecule has 1 aliphatic heterocycles. The molecular formula is C22H23ClN2O2S. The predicted octanol–water partition coefficient (Wildman–Crippen LogP) is 6.69. The van der Waals surface area contributed by atoms with E-state index in [2.05, 4.69) is 18.2 Å². The Morgan fingerprint density at radius 3 is 2.75 bits per heavy atom. The van der Waals surface area contributed by atoms with E-state index in [1.54, 1.807) is 4.90 Å². The number of rotatable bonds is 2. The molecule has 6 heteroatoms. The average molecular weight is 415 g/mol. The second kappa shape index (κ2) is 7.37. The van der Waals surface area contributed by atoms with Crippen molar-refractivity contribution >= 4 is 39.8 Å². The summed E-state index contributed by atoms with van der Waals surface area (Å²) in [5.74, 6) is 0. The fourth-order valence-corrected chi connectivity index (χ4v) is 4.96. The Morgan fingerprint density at radius 1 is 1.21 bits per heavy atom. The topological polar surface area (TPSA) is 42.4 Å². The van der Waals surface area contributed by atoms with Crippen LogP contribution in [-0.2, 0) is 4.74 Å². The van der Waals surface area contributed by atoms with Crippen molar-refractivity contribution in [3.63, 3.8) is 0 Å². The van der Waals surface area contributed by atoms with Crippen LogP contribution in [0, 0.1) is 0 Å². The fraction of sp³-hybridized carbons (Fsp3) is 0.364. The summed E-state index contributed by atoms with van der Waals surface area (Å²) in [7, 11) is 0. The summed E-state index contributed by atoms with van der Waals surface area (Å²) in [6.07, 6.45) is 1.52. The van der Waals surface area contributed by atoms with Gasteiger partial charge in [0.25, 0.3) is 0 Å². The van der Waals surface area contributed by atoms with Crippen molar-refractivity contribution in [2.45, 2.75) is 45.3 Å². The first-order valence-electron chi connectivity index (χ1n) is 9.47. The highest BCUT2D eigenvalue weighted by Gasteiger charge is 2.35. The molecule has 4 rings (SSSR count). The molecule has 28 heavy (non-hydrogen) atoms. The van der Waals surface area contributed by atoms with Gasteiger partial charge in [0.2, 0.25) is 0 Å². The number of carbonyl (C=O) groups excluding carboxylic acids is 1. The van der Waals surface area contributed by atoms with Crippen LogP contribution in [0.2, 0.25) is 4.34 Å². The van der Waals surface area contributed by atoms with Crippen LogP contribution >= 0.6 is 22.9 Å². The SMILES string of the molecule is CC(C)(C)OC(=O)N1CCC[C@H]1c1nc(-c2cccc3ccccc23)c(Cl)s1. The number of carbonyl (C=O) groups is 1. The standard InChI is InChI=1S/C22H23ClN2O2S/c1-22(2,3)27-21(26)25-13-7-12-17(25)20-24-18(19(23)28-20)16-11-6-9-14-8-4-5-10-15(14)16/h4-6,8-11,17H,7,12-13H2,1-3H3/t17-/m0/s1. The minimum Gasteiger partial charge on any atom is -0.444 e. The van der Waals surface area contributed by atoms with Crippen LogP contribution in [0.1, 0.15) is 44.7 Å². The smallest absolute Gasteiger partial charge is 0.410 e. The molecule has 2 aromatic carbocycles. The van der Waals surface area contributed by atoms with Gasteiger partial charge in [0.1, 0.15) is 20.6 Å². The number of likely N-dealkylation sites (tertiary alicyclic amines) is 1. The molecule has 0 bridgehead atoms. The maximum absolute atomic E-state index is 12.6. The normalized spacial score (nSPS) is 17.3. The monoisotopic (exact) mass is 414 g/mol. The Labute approximate surface area is 174 Å². The highest BCUT2D eigenvalue weighted by molar-refractivity contribution is 7.16. The van der Waals surface area contributed by atoms with E-state index < -0.39 is 5.60 Å². The quantitative estimate of drug-likeness (QED) is 0.469. The van der Waals surface area contributed by atoms with Crippen LogP contribution < -0.4 is 0 Å². The lowest BCUT2D eigenvalue weighted by molar-refractivity contribution is 0.0224. The van der Waals surface area contributed by atoms with Gasteiger partial charge >= 0.3 is 6.09 Å². The van der Waals surface area contributed by atoms with Gasteiger partial charge in [-0.05, 0) is 44.4 Å². The minimum absolute atomic E-state index is 0.0823. The second-order valence-electron chi connectivity index (χ2n) is 8.03. The first-order valence-corrected chi connectivity index (χ1v) is 10.7. The largest absolute Gasteiger partial charge is 0.444 e. The molecule has 3 aromatic rings. The molecule has 0 unspecified atom stereocenters. The van der Waals surface area contributed by atoms with E-state index in [-0.39, 0.29) is 12.1 Å². The number of aromatic nitrogens is 1. The Morgan fingerprint density at radius 2 is 1.96 bits per heavy atom. The number of thiazole rings is 1. The molecular weight excluding hydrogens is 392 g/mol. The van der Waals surface area contributed by atoms with Gasteiger partial charge in [-0.1, -0.05) is 54.1 Å². The van der Waals surface area contributed by atoms with Crippen LogP contribution in [0.15, 0.2) is 42.5 Å². The molecule has 0 spiro atoms. The first-order chi connectivity index (χ1) is 13.3. The molecule has 0 N–H and O–H groups in total. The summed E-state index contributed by atoms with van der Waals surface area (Å²) in [5.41, 5.74) is 1.29. The van der Waals surface area contributed by atoms with Gasteiger partial charge < -0.3 is 4.74 Å². The first kappa shape index (κ1) is 19.2. The lowest BCUT2D eigenvalue weighted by Gasteiger charge is -2.27. The predicted molar refractivity (Wildman–Crippen MR) is 115 cm³/mol. The van der Waals surface area contributed by atoms with Crippen molar-refractivity contribution in [3.05, 3.63) is 51.8 Å². The average Bonchev–Trinajstić information content (AvgIpc) is 3.26. The number of ether oxygens (including phenoxy) is 1. The van der Waals surface area contributed by atoms with Gasteiger partial charge in [0, 0.05) is 12.1 Å². The van der Waals surface area contributed by atoms with Crippen LogP contribution in [0.4, 0.5) is 4.79 Å². The Kier molecular flexibility index (Phi) is 5.06. The molecule has 1 amide bonds. The van der Waals surface area contributed by atoms with Gasteiger partial charge in [0.05, 0.1) is 6.04 Å². The summed E-state index contributed by atoms with van der Waals surface area (Å²) >= 11 is 8.07. The Bertz CT molecular complexity index is 1020. The van der Waals surface area contributed by atoms with Crippen molar-refractivity contribution in [2.24, 2.45) is 0 Å². The number of benzene rings is 2. The molecule has 1 aliphatic rings. The summed E-state index contributed by atoms with van der Waals surface area (Å²) in [5, 5.41) is 3.15. The number of amides is 1. The highest BCUT2D eigenvalue weighted by Crippen LogP contribution is 2.42. The molecule has 1 saturated heterocycles. The molecule has 0 aliphatic carbocycles. The zero-order valence-corrected chi connectivity index (χ0v) is 17.8. The van der Waals surface area contributed by atoms with E-state index in [0.29, 0.717) is 10.9 Å². The number of halogens is 1. The van der Waals surface area contributed by atoms with E-state index in [9.17, 15) is 4.79 Å². The van der Waals surface area contributed by atoms with Crippen LogP contribution in [-0.4, -0.2) is 28.1 Å². The summed E-state index contributed by atoms with van der Waals surface area (Å²) in [6, 6.07) is 14.3. The van der Waals surface area contributed by atoms with Gasteiger partial charge in [-0.15, -0.1) is 11.3 Å². The van der Waals surface area contributed by atoms with Crippen LogP contribution in [0.25, 0.3) is 22.0 Å². The Hall–Kier alpha value is -2.11. The Balaban J connectivity index is 1.68. The van der Waals surface area contributed by atoms with Crippen molar-refractivity contribution in [2.75, 3.05) is 6.54 Å². The molecule has 1 atom stereocenters.